The number of aromatic nitrogens is 3. The summed E-state index contributed by atoms with van der Waals surface area (Å²) in [5, 5.41) is 13.1. The molecule has 7 heteroatoms. The third-order valence-electron chi connectivity index (χ3n) is 4.90. The van der Waals surface area contributed by atoms with E-state index in [9.17, 15) is 14.7 Å². The highest BCUT2D eigenvalue weighted by Crippen LogP contribution is 2.35. The minimum absolute atomic E-state index is 0.136. The van der Waals surface area contributed by atoms with Gasteiger partial charge in [0, 0.05) is 33.3 Å². The van der Waals surface area contributed by atoms with Crippen LogP contribution in [0.5, 0.6) is 0 Å². The van der Waals surface area contributed by atoms with E-state index in [-0.39, 0.29) is 16.5 Å². The number of nitrogens with zero attached hydrogens (tertiary/aromatic N) is 2. The van der Waals surface area contributed by atoms with Crippen molar-refractivity contribution in [3.63, 3.8) is 0 Å². The second-order valence-corrected chi connectivity index (χ2v) is 8.58. The van der Waals surface area contributed by atoms with Gasteiger partial charge in [-0.3, -0.25) is 9.89 Å². The van der Waals surface area contributed by atoms with Gasteiger partial charge in [-0.1, -0.05) is 56.6 Å². The van der Waals surface area contributed by atoms with E-state index in [1.54, 1.807) is 24.3 Å². The highest BCUT2D eigenvalue weighted by molar-refractivity contribution is 6.30. The molecule has 152 valence electrons. The summed E-state index contributed by atoms with van der Waals surface area (Å²) in [4.78, 5) is 29.0. The zero-order valence-corrected chi connectivity index (χ0v) is 17.5. The van der Waals surface area contributed by atoms with E-state index in [0.717, 1.165) is 16.8 Å². The molecule has 0 fully saturated rings. The van der Waals surface area contributed by atoms with Gasteiger partial charge in [0.1, 0.15) is 0 Å². The van der Waals surface area contributed by atoms with E-state index < -0.39 is 5.97 Å². The second kappa shape index (κ2) is 7.15. The first-order valence-corrected chi connectivity index (χ1v) is 9.79. The quantitative estimate of drug-likeness (QED) is 0.487. The number of nitrogens with one attached hydrogen (secondary N) is 1. The van der Waals surface area contributed by atoms with Crippen molar-refractivity contribution in [2.75, 3.05) is 0 Å². The van der Waals surface area contributed by atoms with Crippen LogP contribution in [0.3, 0.4) is 0 Å². The Morgan fingerprint density at radius 1 is 1.07 bits per heavy atom. The Morgan fingerprint density at radius 3 is 2.40 bits per heavy atom. The zero-order chi connectivity index (χ0) is 21.6. The molecule has 2 heterocycles. The van der Waals surface area contributed by atoms with Gasteiger partial charge in [-0.05, 0) is 29.8 Å². The van der Waals surface area contributed by atoms with Gasteiger partial charge in [-0.25, -0.2) is 14.3 Å². The van der Waals surface area contributed by atoms with Crippen molar-refractivity contribution in [3.8, 4) is 22.4 Å². The van der Waals surface area contributed by atoms with Crippen LogP contribution in [0.15, 0.2) is 59.4 Å². The summed E-state index contributed by atoms with van der Waals surface area (Å²) in [7, 11) is 0. The van der Waals surface area contributed by atoms with E-state index >= 15 is 0 Å². The monoisotopic (exact) mass is 421 g/mol. The van der Waals surface area contributed by atoms with Gasteiger partial charge in [-0.2, -0.15) is 0 Å². The smallest absolute Gasteiger partial charge is 0.335 e. The Balaban J connectivity index is 2.03. The first-order chi connectivity index (χ1) is 14.1. The molecule has 0 aliphatic carbocycles. The minimum atomic E-state index is -1.03. The van der Waals surface area contributed by atoms with Crippen molar-refractivity contribution in [3.05, 3.63) is 81.2 Å². The molecule has 2 aromatic carbocycles. The summed E-state index contributed by atoms with van der Waals surface area (Å²) < 4.78 is 1.43. The number of carboxylic acid groups (broad SMARTS) is 1. The van der Waals surface area contributed by atoms with Gasteiger partial charge in [0.25, 0.3) is 5.56 Å². The number of aromatic carboxylic acids is 1. The molecule has 0 spiro atoms. The van der Waals surface area contributed by atoms with Crippen molar-refractivity contribution in [2.45, 2.75) is 26.2 Å². The van der Waals surface area contributed by atoms with Crippen molar-refractivity contribution >= 4 is 23.2 Å². The van der Waals surface area contributed by atoms with Gasteiger partial charge in [0.15, 0.2) is 5.65 Å². The van der Waals surface area contributed by atoms with Crippen molar-refractivity contribution < 1.29 is 9.90 Å². The lowest BCUT2D eigenvalue weighted by Gasteiger charge is -2.18. The van der Waals surface area contributed by atoms with Gasteiger partial charge < -0.3 is 5.11 Å². The maximum absolute atomic E-state index is 12.9. The van der Waals surface area contributed by atoms with E-state index in [0.29, 0.717) is 21.9 Å². The summed E-state index contributed by atoms with van der Waals surface area (Å²) in [5.74, 6) is -1.03. The molecule has 0 saturated heterocycles. The van der Waals surface area contributed by atoms with Crippen LogP contribution in [0.4, 0.5) is 0 Å². The zero-order valence-electron chi connectivity index (χ0n) is 16.7. The molecule has 0 atom stereocenters. The van der Waals surface area contributed by atoms with Crippen molar-refractivity contribution in [2.24, 2.45) is 0 Å². The largest absolute Gasteiger partial charge is 0.478 e. The fourth-order valence-electron chi connectivity index (χ4n) is 3.43. The Kier molecular flexibility index (Phi) is 4.74. The fourth-order valence-corrected chi connectivity index (χ4v) is 3.56. The van der Waals surface area contributed by atoms with Crippen LogP contribution < -0.4 is 5.56 Å². The number of aromatic amines is 1. The van der Waals surface area contributed by atoms with E-state index in [4.69, 9.17) is 16.6 Å². The number of benzene rings is 2. The number of hydrogen-bond donors (Lipinski definition) is 2. The summed E-state index contributed by atoms with van der Waals surface area (Å²) in [6, 6.07) is 15.2. The van der Waals surface area contributed by atoms with Crippen LogP contribution >= 0.6 is 11.6 Å². The summed E-state index contributed by atoms with van der Waals surface area (Å²) >= 11 is 6.07. The molecule has 0 aliphatic heterocycles. The molecular weight excluding hydrogens is 402 g/mol. The first-order valence-electron chi connectivity index (χ1n) is 9.41. The maximum atomic E-state index is 12.9. The molecule has 6 nitrogen and oxygen atoms in total. The standard InChI is InChI=1S/C23H20ClN3O3/c1-23(2,3)20-19(13-7-9-16(24)10-8-13)21-25-17(12-18(28)27(21)26-20)14-5-4-6-15(11-14)22(29)30/h4-12,26H,1-3H3,(H,29,30). The highest BCUT2D eigenvalue weighted by atomic mass is 35.5. The molecule has 30 heavy (non-hydrogen) atoms. The highest BCUT2D eigenvalue weighted by Gasteiger charge is 2.26. The molecule has 0 unspecified atom stereocenters. The molecular formula is C23H20ClN3O3. The number of carbonyl (C=O) groups is 1. The van der Waals surface area contributed by atoms with Crippen LogP contribution in [0.1, 0.15) is 36.8 Å². The molecule has 0 saturated carbocycles. The third-order valence-corrected chi connectivity index (χ3v) is 5.16. The SMILES string of the molecule is CC(C)(C)c1[nH]n2c(=O)cc(-c3cccc(C(=O)O)c3)nc2c1-c1ccc(Cl)cc1. The number of fused-ring (bicyclic) bond motifs is 1. The normalized spacial score (nSPS) is 11.7. The Labute approximate surface area is 177 Å². The van der Waals surface area contributed by atoms with Crippen LogP contribution in [0, 0.1) is 0 Å². The Morgan fingerprint density at radius 2 is 1.77 bits per heavy atom. The molecule has 0 radical (unpaired) electrons. The van der Waals surface area contributed by atoms with Gasteiger partial charge in [0.2, 0.25) is 0 Å². The van der Waals surface area contributed by atoms with Gasteiger partial charge >= 0.3 is 5.97 Å². The average molecular weight is 422 g/mol. The molecule has 0 aliphatic rings. The summed E-state index contributed by atoms with van der Waals surface area (Å²) in [6.45, 7) is 6.16. The predicted molar refractivity (Wildman–Crippen MR) is 117 cm³/mol. The number of carboxylic acids is 1. The Bertz CT molecular complexity index is 1330. The second-order valence-electron chi connectivity index (χ2n) is 8.14. The summed E-state index contributed by atoms with van der Waals surface area (Å²) in [5.41, 5.74) is 3.60. The number of rotatable bonds is 3. The predicted octanol–water partition coefficient (Wildman–Crippen LogP) is 5.01. The fraction of sp³-hybridized carbons (Fsp3) is 0.174. The molecule has 4 aromatic rings. The van der Waals surface area contributed by atoms with E-state index in [1.165, 1.54) is 22.7 Å². The average Bonchev–Trinajstić information content (AvgIpc) is 3.09. The molecule has 2 aromatic heterocycles. The summed E-state index contributed by atoms with van der Waals surface area (Å²) in [6.07, 6.45) is 0. The first kappa shape index (κ1) is 19.9. The van der Waals surface area contributed by atoms with E-state index in [1.807, 2.05) is 12.1 Å². The minimum Gasteiger partial charge on any atom is -0.478 e. The van der Waals surface area contributed by atoms with Crippen LogP contribution in [-0.4, -0.2) is 25.7 Å². The van der Waals surface area contributed by atoms with E-state index in [2.05, 4.69) is 25.9 Å². The third kappa shape index (κ3) is 3.50. The molecule has 0 amide bonds. The number of halogens is 1. The van der Waals surface area contributed by atoms with Crippen LogP contribution in [0.25, 0.3) is 28.0 Å². The lowest BCUT2D eigenvalue weighted by Crippen LogP contribution is -2.17. The van der Waals surface area contributed by atoms with Gasteiger partial charge in [-0.15, -0.1) is 0 Å². The lowest BCUT2D eigenvalue weighted by atomic mass is 9.87. The van der Waals surface area contributed by atoms with Crippen molar-refractivity contribution in [1.29, 1.82) is 0 Å². The van der Waals surface area contributed by atoms with Gasteiger partial charge in [0.05, 0.1) is 11.3 Å². The lowest BCUT2D eigenvalue weighted by molar-refractivity contribution is 0.0697. The molecule has 2 N–H and O–H groups in total. The van der Waals surface area contributed by atoms with Crippen LogP contribution in [0.2, 0.25) is 5.02 Å². The Hall–Kier alpha value is -3.38. The maximum Gasteiger partial charge on any atom is 0.335 e. The number of H-pyrrole nitrogens is 1. The van der Waals surface area contributed by atoms with Crippen molar-refractivity contribution in [1.82, 2.24) is 14.6 Å². The molecule has 0 bridgehead atoms. The van der Waals surface area contributed by atoms with Crippen LogP contribution in [-0.2, 0) is 5.41 Å². The topological polar surface area (TPSA) is 87.5 Å². The molecule has 4 rings (SSSR count). The number of hydrogen-bond acceptors (Lipinski definition) is 3.